The van der Waals surface area contributed by atoms with Gasteiger partial charge in [0, 0.05) is 0 Å². The van der Waals surface area contributed by atoms with Gasteiger partial charge in [0.1, 0.15) is 15.7 Å². The van der Waals surface area contributed by atoms with E-state index in [9.17, 15) is 0 Å². The van der Waals surface area contributed by atoms with Crippen LogP contribution in [0.3, 0.4) is 0 Å². The van der Waals surface area contributed by atoms with Gasteiger partial charge in [-0.15, -0.1) is 0 Å². The average Bonchev–Trinajstić information content (AvgIpc) is 2.14. The number of hydrogen-bond donors (Lipinski definition) is 0. The summed E-state index contributed by atoms with van der Waals surface area (Å²) in [7, 11) is 0. The Morgan fingerprint density at radius 1 is 1.71 bits per heavy atom. The van der Waals surface area contributed by atoms with Crippen LogP contribution in [0, 0.1) is 5.39 Å². The normalized spacial score (nSPS) is 7.86. The van der Waals surface area contributed by atoms with Gasteiger partial charge in [-0.2, -0.15) is 0 Å². The van der Waals surface area contributed by atoms with Gasteiger partial charge in [-0.3, -0.25) is 0 Å². The van der Waals surface area contributed by atoms with Crippen molar-refractivity contribution in [3.05, 3.63) is 11.4 Å². The van der Waals surface area contributed by atoms with Crippen LogP contribution in [0.5, 0.6) is 0 Å². The molecule has 1 heterocycles. The lowest BCUT2D eigenvalue weighted by Crippen LogP contribution is -1.82. The smallest absolute Gasteiger partial charge is 0.0864 e. The van der Waals surface area contributed by atoms with Crippen LogP contribution in [0.2, 0.25) is 0 Å². The maximum atomic E-state index is 7.87. The summed E-state index contributed by atoms with van der Waals surface area (Å²) < 4.78 is 0. The molecule has 0 unspecified atom stereocenters. The molecule has 0 amide bonds. The van der Waals surface area contributed by atoms with Gasteiger partial charge in [-0.25, -0.2) is 0 Å². The molecule has 1 aromatic heterocycles. The third-order valence-electron chi connectivity index (χ3n) is 0.430. The number of nitrogens with zero attached hydrogens (tertiary/aromatic N) is 6. The Kier molecular flexibility index (Phi) is 0.681. The minimum atomic E-state index is 0.833. The van der Waals surface area contributed by atoms with E-state index in [1.165, 1.54) is 6.33 Å². The average molecular weight is 97.1 g/mol. The first-order valence-electron chi connectivity index (χ1n) is 1.52. The van der Waals surface area contributed by atoms with Crippen LogP contribution >= 0.6 is 0 Å². The summed E-state index contributed by atoms with van der Waals surface area (Å²) in [5.74, 6) is 0. The summed E-state index contributed by atoms with van der Waals surface area (Å²) in [5.41, 5.74) is 0. The van der Waals surface area contributed by atoms with Crippen molar-refractivity contribution in [1.82, 2.24) is 20.3 Å². The van der Waals surface area contributed by atoms with E-state index in [-0.39, 0.29) is 0 Å². The predicted octanol–water partition coefficient (Wildman–Crippen LogP) is -0.711. The Bertz CT molecular complexity index is 167. The van der Waals surface area contributed by atoms with Crippen LogP contribution in [-0.2, 0) is 0 Å². The maximum absolute atomic E-state index is 7.87. The standard InChI is InChI=1S/CHN6/c2-4-7-1-3-5-6-7/h1H/q+1. The van der Waals surface area contributed by atoms with Gasteiger partial charge in [0.2, 0.25) is 11.5 Å². The Morgan fingerprint density at radius 2 is 2.57 bits per heavy atom. The Labute approximate surface area is 38.3 Å². The van der Waals surface area contributed by atoms with E-state index in [0.29, 0.717) is 0 Å². The summed E-state index contributed by atoms with van der Waals surface area (Å²) in [6.45, 7) is 0. The Morgan fingerprint density at radius 3 is 2.86 bits per heavy atom. The highest BCUT2D eigenvalue weighted by Gasteiger charge is 1.95. The second-order valence-electron chi connectivity index (χ2n) is 0.820. The first-order valence-corrected chi connectivity index (χ1v) is 1.52. The highest BCUT2D eigenvalue weighted by atomic mass is 15.7. The molecule has 0 bridgehead atoms. The fourth-order valence-electron chi connectivity index (χ4n) is 0.197. The fraction of sp³-hybridized carbons (Fsp3) is 0. The molecule has 6 nitrogen and oxygen atoms in total. The highest BCUT2D eigenvalue weighted by Crippen LogP contribution is 1.68. The van der Waals surface area contributed by atoms with Crippen molar-refractivity contribution in [2.45, 2.75) is 0 Å². The van der Waals surface area contributed by atoms with Gasteiger partial charge in [0.05, 0.1) is 0 Å². The molecule has 1 aromatic rings. The second kappa shape index (κ2) is 1.30. The lowest BCUT2D eigenvalue weighted by molar-refractivity contribution is 0.771. The topological polar surface area (TPSA) is 71.8 Å². The zero-order chi connectivity index (χ0) is 5.11. The molecule has 0 saturated heterocycles. The third kappa shape index (κ3) is 0.496. The number of tetrazole rings is 1. The third-order valence-corrected chi connectivity index (χ3v) is 0.430. The van der Waals surface area contributed by atoms with Crippen molar-refractivity contribution in [3.8, 4) is 0 Å². The van der Waals surface area contributed by atoms with Crippen molar-refractivity contribution >= 4 is 0 Å². The van der Waals surface area contributed by atoms with Crippen LogP contribution in [0.1, 0.15) is 0 Å². The van der Waals surface area contributed by atoms with Crippen molar-refractivity contribution in [1.29, 1.82) is 5.39 Å². The van der Waals surface area contributed by atoms with Crippen LogP contribution in [-0.4, -0.2) is 20.3 Å². The number of diazo groups is 1. The van der Waals surface area contributed by atoms with E-state index in [1.54, 1.807) is 0 Å². The molecule has 0 N–H and O–H groups in total. The molecule has 0 aliphatic rings. The second-order valence-corrected chi connectivity index (χ2v) is 0.820. The zero-order valence-electron chi connectivity index (χ0n) is 3.26. The predicted molar refractivity (Wildman–Crippen MR) is 18.3 cm³/mol. The van der Waals surface area contributed by atoms with Crippen molar-refractivity contribution in [2.75, 3.05) is 0 Å². The number of rotatable bonds is 0. The first-order chi connectivity index (χ1) is 3.43. The Hall–Kier alpha value is -1.51. The molecule has 0 spiro atoms. The number of hydrogen-bond acceptors (Lipinski definition) is 4. The molecule has 34 valence electrons. The van der Waals surface area contributed by atoms with E-state index in [2.05, 4.69) is 20.6 Å². The molecule has 0 saturated carbocycles. The number of aromatic nitrogens is 4. The van der Waals surface area contributed by atoms with Gasteiger partial charge in [-0.1, -0.05) is 5.10 Å². The molecule has 0 atom stereocenters. The SMILES string of the molecule is N#[N+]n1cnnn1. The van der Waals surface area contributed by atoms with Gasteiger partial charge in [0.15, 0.2) is 4.79 Å². The summed E-state index contributed by atoms with van der Waals surface area (Å²) in [5, 5.41) is 20.0. The van der Waals surface area contributed by atoms with Crippen LogP contribution in [0.25, 0.3) is 5.08 Å². The van der Waals surface area contributed by atoms with E-state index in [1.807, 2.05) is 0 Å². The summed E-state index contributed by atoms with van der Waals surface area (Å²) >= 11 is 0. The van der Waals surface area contributed by atoms with Crippen LogP contribution < -0.4 is 0 Å². The lowest BCUT2D eigenvalue weighted by atomic mass is 11.4. The van der Waals surface area contributed by atoms with Crippen molar-refractivity contribution in [2.24, 2.45) is 0 Å². The van der Waals surface area contributed by atoms with E-state index in [0.717, 1.165) is 4.79 Å². The minimum Gasteiger partial charge on any atom is -0.0864 e. The lowest BCUT2D eigenvalue weighted by Gasteiger charge is -1.49. The molecule has 0 radical (unpaired) electrons. The molecular formula is CHN6+. The fourth-order valence-corrected chi connectivity index (χ4v) is 0.197. The van der Waals surface area contributed by atoms with Gasteiger partial charge < -0.3 is 0 Å². The van der Waals surface area contributed by atoms with E-state index >= 15 is 0 Å². The zero-order valence-corrected chi connectivity index (χ0v) is 3.26. The van der Waals surface area contributed by atoms with Crippen LogP contribution in [0.15, 0.2) is 6.33 Å². The molecule has 0 aliphatic heterocycles. The monoisotopic (exact) mass is 97.0 g/mol. The molecule has 0 aromatic carbocycles. The van der Waals surface area contributed by atoms with E-state index in [4.69, 9.17) is 5.39 Å². The highest BCUT2D eigenvalue weighted by molar-refractivity contribution is 4.49. The van der Waals surface area contributed by atoms with E-state index < -0.39 is 0 Å². The van der Waals surface area contributed by atoms with Gasteiger partial charge in [0.25, 0.3) is 0 Å². The molecule has 6 heteroatoms. The van der Waals surface area contributed by atoms with Crippen molar-refractivity contribution < 1.29 is 0 Å². The molecule has 7 heavy (non-hydrogen) atoms. The largest absolute Gasteiger partial charge is 0.229 e. The summed E-state index contributed by atoms with van der Waals surface area (Å²) in [4.78, 5) is 0.833. The Balaban J connectivity index is 3.04. The summed E-state index contributed by atoms with van der Waals surface area (Å²) in [6, 6.07) is 0. The summed E-state index contributed by atoms with van der Waals surface area (Å²) in [6.07, 6.45) is 1.17. The van der Waals surface area contributed by atoms with Gasteiger partial charge >= 0.3 is 0 Å². The van der Waals surface area contributed by atoms with Crippen molar-refractivity contribution in [3.63, 3.8) is 0 Å². The maximum Gasteiger partial charge on any atom is 0.229 e. The molecule has 0 fully saturated rings. The first kappa shape index (κ1) is 3.67. The molecule has 1 rings (SSSR count). The quantitative estimate of drug-likeness (QED) is 0.401. The van der Waals surface area contributed by atoms with Gasteiger partial charge in [-0.05, 0) is 0 Å². The van der Waals surface area contributed by atoms with Crippen LogP contribution in [0.4, 0.5) is 0 Å². The molecular weight excluding hydrogens is 96.1 g/mol. The minimum absolute atomic E-state index is 0.833. The molecule has 0 aliphatic carbocycles.